The van der Waals surface area contributed by atoms with E-state index in [1.165, 1.54) is 207 Å². The van der Waals surface area contributed by atoms with Gasteiger partial charge < -0.3 is 13.3 Å². The summed E-state index contributed by atoms with van der Waals surface area (Å²) in [6.07, 6.45) is 1.79. The van der Waals surface area contributed by atoms with Crippen molar-refractivity contribution in [2.24, 2.45) is 28.2 Å². The lowest BCUT2D eigenvalue weighted by molar-refractivity contribution is -0.669. The Balaban J connectivity index is 0.0000000935. The van der Waals surface area contributed by atoms with Gasteiger partial charge in [-0.15, -0.1) is 0 Å². The van der Waals surface area contributed by atoms with Crippen LogP contribution >= 0.6 is 0 Å². The third kappa shape index (κ3) is 11.8. The van der Waals surface area contributed by atoms with Gasteiger partial charge in [0.1, 0.15) is 28.2 Å². The fourth-order valence-electron chi connectivity index (χ4n) is 26.9. The number of rotatable bonds is 4. The molecule has 0 atom stereocenters. The minimum absolute atomic E-state index is 0.221. The first-order valence-corrected chi connectivity index (χ1v) is 49.1. The summed E-state index contributed by atoms with van der Waals surface area (Å²) >= 11 is 0. The lowest BCUT2D eigenvalue weighted by Gasteiger charge is -2.40. The molecule has 10 heteroatoms. The minimum Gasteiger partial charge on any atom is -0.437 e. The summed E-state index contributed by atoms with van der Waals surface area (Å²) in [5.41, 5.74) is 61.3. The first kappa shape index (κ1) is 82.5. The van der Waals surface area contributed by atoms with Crippen LogP contribution < -0.4 is 18.3 Å². The zero-order chi connectivity index (χ0) is 93.8. The molecule has 0 radical (unpaired) electrons. The Morgan fingerprint density at radius 3 is 0.971 bits per heavy atom. The Morgan fingerprint density at radius 1 is 0.230 bits per heavy atom. The highest BCUT2D eigenvalue weighted by Gasteiger charge is 2.53. The highest BCUT2D eigenvalue weighted by atomic mass is 16.3. The van der Waals surface area contributed by atoms with E-state index >= 15 is 0 Å². The number of fused-ring (bicyclic) bond motifs is 9. The molecule has 8 bridgehead atoms. The molecule has 10 nitrogen and oxygen atoms in total. The van der Waals surface area contributed by atoms with Gasteiger partial charge in [0.25, 0.3) is 0 Å². The van der Waals surface area contributed by atoms with E-state index < -0.39 is 0 Å². The molecule has 34 rings (SSSR count). The number of hydrogen-bond donors (Lipinski definition) is 0. The Labute approximate surface area is 808 Å². The Hall–Kier alpha value is -15.9. The molecule has 0 amide bonds. The van der Waals surface area contributed by atoms with Crippen LogP contribution in [0.3, 0.4) is 0 Å². The molecule has 12 aromatic carbocycles. The number of benzene rings is 12. The van der Waals surface area contributed by atoms with Gasteiger partial charge in [-0.25, -0.2) is 15.0 Å². The molecule has 0 saturated carbocycles. The highest BCUT2D eigenvalue weighted by molar-refractivity contribution is 6.12. The second kappa shape index (κ2) is 30.8. The van der Waals surface area contributed by atoms with Gasteiger partial charge in [-0.05, 0) is 258 Å². The third-order valence-corrected chi connectivity index (χ3v) is 32.8. The second-order valence-electron chi connectivity index (χ2n) is 40.3. The maximum Gasteiger partial charge on any atom is 0.227 e. The summed E-state index contributed by atoms with van der Waals surface area (Å²) < 4.78 is 29.1. The summed E-state index contributed by atoms with van der Waals surface area (Å²) in [4.78, 5) is 13.9. The average Bonchev–Trinajstić information content (AvgIpc) is 1.68. The molecule has 0 N–H and O–H groups in total. The van der Waals surface area contributed by atoms with Gasteiger partial charge >= 0.3 is 0 Å². The summed E-state index contributed by atoms with van der Waals surface area (Å²) in [5, 5.41) is 6.61. The van der Waals surface area contributed by atoms with Crippen LogP contribution in [0.1, 0.15) is 237 Å². The largest absolute Gasteiger partial charge is 0.437 e. The summed E-state index contributed by atoms with van der Waals surface area (Å²) in [5.74, 6) is 2.10. The van der Waals surface area contributed by atoms with E-state index in [9.17, 15) is 0 Å². The van der Waals surface area contributed by atoms with Gasteiger partial charge in [-0.3, -0.25) is 0 Å². The molecular formula is C129H103N7O3+4. The number of pyridine rings is 7. The fraction of sp³-hybridized carbons (Fsp3) is 0.171. The third-order valence-electron chi connectivity index (χ3n) is 32.8. The quantitative estimate of drug-likeness (QED) is 0.163. The summed E-state index contributed by atoms with van der Waals surface area (Å²) in [7, 11) is 8.95. The molecule has 10 aromatic heterocycles. The first-order valence-electron chi connectivity index (χ1n) is 49.1. The van der Waals surface area contributed by atoms with Gasteiger partial charge in [-0.1, -0.05) is 236 Å². The Kier molecular flexibility index (Phi) is 18.3. The number of hydrogen-bond acceptors (Lipinski definition) is 6. The minimum atomic E-state index is 0.221. The highest BCUT2D eigenvalue weighted by Crippen LogP contribution is 2.61. The second-order valence-corrected chi connectivity index (χ2v) is 40.3. The number of aryl methyl sites for hydroxylation is 9. The van der Waals surface area contributed by atoms with Crippen LogP contribution in [0.25, 0.3) is 111 Å². The van der Waals surface area contributed by atoms with Crippen LogP contribution in [-0.4, -0.2) is 15.0 Å². The Morgan fingerprint density at radius 2 is 0.561 bits per heavy atom. The molecule has 139 heavy (non-hydrogen) atoms. The van der Waals surface area contributed by atoms with Gasteiger partial charge in [0.2, 0.25) is 39.9 Å². The van der Waals surface area contributed by atoms with Crippen LogP contribution in [0, 0.1) is 69.2 Å². The van der Waals surface area contributed by atoms with Gasteiger partial charge in [0.05, 0.1) is 40.4 Å². The normalized spacial score (nSPS) is 17.4. The smallest absolute Gasteiger partial charge is 0.227 e. The maximum absolute atomic E-state index is 6.53. The number of aromatic nitrogens is 7. The SMILES string of the molecule is Cc1cc(C)c(C)c(-c2cc(C)c3c([n+]2C)C2c4ccccc4C3c3ccccc32)c1.Cc1ccc2c(n1)oc1c(-c3ccc4c([n+]3C)C3c5ccccc5C4c4ccccc43)c(C)cc(C)c12.Cc1ccc2c(n1)oc1c(-c3ccc4c([n+]3C)C3c5ccccc5C4c4ccccc43)c(C)ccc12.Cc1ccc2c(oc3ncccc32)c1-c1ccc2c([n+]1C)C1c3ccccc3C2c2ccccc21. The van der Waals surface area contributed by atoms with Gasteiger partial charge in [-0.2, -0.15) is 18.3 Å². The van der Waals surface area contributed by atoms with E-state index in [4.69, 9.17) is 18.2 Å². The molecule has 10 heterocycles. The number of furan rings is 3. The summed E-state index contributed by atoms with van der Waals surface area (Å²) in [6.45, 7) is 21.7. The van der Waals surface area contributed by atoms with Crippen molar-refractivity contribution >= 4 is 66.2 Å². The van der Waals surface area contributed by atoms with Crippen molar-refractivity contribution in [2.45, 2.75) is 117 Å². The van der Waals surface area contributed by atoms with Crippen molar-refractivity contribution in [3.63, 3.8) is 0 Å². The summed E-state index contributed by atoms with van der Waals surface area (Å²) in [6, 6.07) is 117. The van der Waals surface area contributed by atoms with Crippen molar-refractivity contribution in [3.05, 3.63) is 512 Å². The molecule has 0 unspecified atom stereocenters. The van der Waals surface area contributed by atoms with E-state index in [2.05, 4.69) is 421 Å². The molecule has 0 aliphatic heterocycles. The fourth-order valence-corrected chi connectivity index (χ4v) is 26.9. The molecule has 22 aromatic rings. The molecule has 12 aliphatic rings. The zero-order valence-corrected chi connectivity index (χ0v) is 80.6. The molecule has 0 spiro atoms. The van der Waals surface area contributed by atoms with Crippen LogP contribution in [0.4, 0.5) is 0 Å². The maximum atomic E-state index is 6.53. The van der Waals surface area contributed by atoms with E-state index in [1.54, 1.807) is 6.20 Å². The average molecular weight is 1800 g/mol. The Bertz CT molecular complexity index is 8980. The van der Waals surface area contributed by atoms with Gasteiger partial charge in [0.15, 0.2) is 39.5 Å². The van der Waals surface area contributed by atoms with E-state index in [0.717, 1.165) is 77.1 Å². The van der Waals surface area contributed by atoms with Gasteiger partial charge in [0, 0.05) is 126 Å². The standard InChI is InChI=1S/C34H27N2O.C33H25N2O.C32H23N2O.C30H28N/c1-18-17-19(2)29(33-28(18)26-14-13-20(3)35-34(26)37-33)27-16-15-25-30-21-9-5-7-11-23(21)31(32(25)36(27)4)24-12-8-6-10-22(24)30;1-18-12-14-24-25-15-13-19(2)34-33(25)36-32(24)28(18)27-17-16-26-29-20-8-4-6-10-22(20)30(31(26)35(27)3)23-11-7-5-9-21(23)29;1-18-13-14-23-24-12-7-17-33-32(24)35-31(23)27(18)26-16-15-25-28-19-8-3-5-10-21(19)29(30(25)34(26)2)22-11-6-4-9-20(22)28;1-17-14-18(2)20(4)25(15-17)26-16-19(3)27-28-21-10-6-8-12-23(21)29(30(27)31(26)5)24-13-9-7-11-22(24)28/h5-17,30-31H,1-4H3;4-17,29-30H,1-3H3;3-17,28-29H,1-2H3;6-16,28-29H,1-5H3/q4*+1. The molecular weight excluding hydrogens is 1700 g/mol. The number of nitrogens with zero attached hydrogens (tertiary/aromatic N) is 7. The zero-order valence-electron chi connectivity index (χ0n) is 80.6. The first-order chi connectivity index (χ1) is 67.8. The van der Waals surface area contributed by atoms with Crippen molar-refractivity contribution < 1.29 is 31.5 Å². The van der Waals surface area contributed by atoms with Crippen molar-refractivity contribution in [2.75, 3.05) is 0 Å². The molecule has 0 fully saturated rings. The topological polar surface area (TPSA) is 93.6 Å². The van der Waals surface area contributed by atoms with Crippen LogP contribution in [-0.2, 0) is 28.2 Å². The van der Waals surface area contributed by atoms with E-state index in [-0.39, 0.29) is 35.5 Å². The molecule has 0 saturated heterocycles. The monoisotopic (exact) mass is 1800 g/mol. The van der Waals surface area contributed by atoms with E-state index in [0.29, 0.717) is 29.0 Å². The van der Waals surface area contributed by atoms with Crippen LogP contribution in [0.2, 0.25) is 0 Å². The van der Waals surface area contributed by atoms with Crippen molar-refractivity contribution in [3.8, 4) is 45.0 Å². The predicted octanol–water partition coefficient (Wildman–Crippen LogP) is 27.6. The van der Waals surface area contributed by atoms with Crippen molar-refractivity contribution in [1.82, 2.24) is 15.0 Å². The molecule has 12 aliphatic carbocycles. The van der Waals surface area contributed by atoms with Crippen molar-refractivity contribution in [1.29, 1.82) is 0 Å². The van der Waals surface area contributed by atoms with E-state index in [1.807, 2.05) is 19.9 Å². The molecule has 668 valence electrons. The lowest BCUT2D eigenvalue weighted by Crippen LogP contribution is -2.45. The lowest BCUT2D eigenvalue weighted by atomic mass is 9.61. The van der Waals surface area contributed by atoms with Crippen LogP contribution in [0.5, 0.6) is 0 Å². The predicted molar refractivity (Wildman–Crippen MR) is 554 cm³/mol. The van der Waals surface area contributed by atoms with Crippen LogP contribution in [0.15, 0.2) is 335 Å².